The number of amides is 1. The number of benzene rings is 1. The molecule has 1 aliphatic rings. The maximum Gasteiger partial charge on any atom is 0.285 e. The van der Waals surface area contributed by atoms with E-state index in [0.717, 1.165) is 19.3 Å². The van der Waals surface area contributed by atoms with Gasteiger partial charge in [0.05, 0.1) is 11.0 Å². The number of nitrogens with zero attached hydrogens (tertiary/aromatic N) is 2. The lowest BCUT2D eigenvalue weighted by Crippen LogP contribution is -2.41. The zero-order chi connectivity index (χ0) is 16.8. The quantitative estimate of drug-likeness (QED) is 0.478. The molecule has 1 aromatic rings. The molecule has 1 fully saturated rings. The molecule has 24 heavy (non-hydrogen) atoms. The third-order valence-corrected chi connectivity index (χ3v) is 4.08. The summed E-state index contributed by atoms with van der Waals surface area (Å²) in [4.78, 5) is 25.0. The number of aryl methyl sites for hydroxylation is 1. The van der Waals surface area contributed by atoms with Gasteiger partial charge in [-0.05, 0) is 38.8 Å². The van der Waals surface area contributed by atoms with Gasteiger partial charge in [0.1, 0.15) is 5.56 Å². The van der Waals surface area contributed by atoms with E-state index in [1.165, 1.54) is 6.07 Å². The first-order valence-electron chi connectivity index (χ1n) is 7.89. The molecule has 0 radical (unpaired) electrons. The maximum absolute atomic E-state index is 12.6. The molecule has 1 amide bonds. The highest BCUT2D eigenvalue weighted by molar-refractivity contribution is 5.98. The Balaban J connectivity index is 0.00000288. The van der Waals surface area contributed by atoms with Gasteiger partial charge in [-0.2, -0.15) is 0 Å². The van der Waals surface area contributed by atoms with Gasteiger partial charge in [0.2, 0.25) is 0 Å². The van der Waals surface area contributed by atoms with Crippen LogP contribution >= 0.6 is 12.4 Å². The van der Waals surface area contributed by atoms with E-state index in [1.54, 1.807) is 24.0 Å². The Morgan fingerprint density at radius 1 is 1.42 bits per heavy atom. The van der Waals surface area contributed by atoms with Crippen LogP contribution < -0.4 is 5.73 Å². The predicted octanol–water partition coefficient (Wildman–Crippen LogP) is 2.30. The smallest absolute Gasteiger partial charge is 0.285 e. The molecular weight excluding hydrogens is 334 g/mol. The van der Waals surface area contributed by atoms with E-state index in [0.29, 0.717) is 31.8 Å². The Kier molecular flexibility index (Phi) is 8.10. The Labute approximate surface area is 147 Å². The summed E-state index contributed by atoms with van der Waals surface area (Å²) < 4.78 is 5.71. The van der Waals surface area contributed by atoms with Crippen LogP contribution in [0.3, 0.4) is 0 Å². The number of carbonyl (C=O) groups excluding carboxylic acids is 1. The minimum absolute atomic E-state index is 0. The zero-order valence-corrected chi connectivity index (χ0v) is 14.6. The first-order valence-corrected chi connectivity index (χ1v) is 7.89. The number of likely N-dealkylation sites (tertiary alicyclic amines) is 1. The van der Waals surface area contributed by atoms with Crippen molar-refractivity contribution in [2.24, 2.45) is 5.73 Å². The fourth-order valence-corrected chi connectivity index (χ4v) is 2.80. The monoisotopic (exact) mass is 357 g/mol. The lowest BCUT2D eigenvalue weighted by atomic mass is 10.0. The molecule has 0 atom stereocenters. The lowest BCUT2D eigenvalue weighted by molar-refractivity contribution is -0.385. The third-order valence-electron chi connectivity index (χ3n) is 4.08. The fourth-order valence-electron chi connectivity index (χ4n) is 2.80. The van der Waals surface area contributed by atoms with Crippen molar-refractivity contribution < 1.29 is 14.5 Å². The van der Waals surface area contributed by atoms with Crippen LogP contribution in [0.15, 0.2) is 18.2 Å². The molecule has 1 aliphatic heterocycles. The number of rotatable bonds is 6. The Morgan fingerprint density at radius 2 is 2.08 bits per heavy atom. The predicted molar refractivity (Wildman–Crippen MR) is 93.6 cm³/mol. The summed E-state index contributed by atoms with van der Waals surface area (Å²) in [6.45, 7) is 3.99. The van der Waals surface area contributed by atoms with Crippen molar-refractivity contribution >= 4 is 24.0 Å². The number of piperidine rings is 1. The lowest BCUT2D eigenvalue weighted by Gasteiger charge is -2.32. The molecule has 134 valence electrons. The van der Waals surface area contributed by atoms with E-state index in [1.807, 2.05) is 0 Å². The Bertz CT molecular complexity index is 574. The van der Waals surface area contributed by atoms with Crippen LogP contribution in [0.5, 0.6) is 0 Å². The number of carbonyl (C=O) groups is 1. The summed E-state index contributed by atoms with van der Waals surface area (Å²) in [5.74, 6) is -0.277. The van der Waals surface area contributed by atoms with Gasteiger partial charge in [-0.25, -0.2) is 0 Å². The van der Waals surface area contributed by atoms with Crippen molar-refractivity contribution in [2.45, 2.75) is 32.3 Å². The van der Waals surface area contributed by atoms with Gasteiger partial charge in [0.25, 0.3) is 11.6 Å². The fraction of sp³-hybridized carbons (Fsp3) is 0.562. The van der Waals surface area contributed by atoms with Crippen molar-refractivity contribution in [3.8, 4) is 0 Å². The standard InChI is InChI=1S/C16H23N3O4.ClH/c1-12-4-2-5-14(15(12)19(21)22)16(20)18-9-6-13(7-10-18)23-11-3-8-17;/h2,4-5,13H,3,6-11,17H2,1H3;1H. The van der Waals surface area contributed by atoms with Crippen LogP contribution in [0.4, 0.5) is 5.69 Å². The second-order valence-electron chi connectivity index (χ2n) is 5.73. The number of para-hydroxylation sites is 1. The molecule has 1 saturated heterocycles. The average molecular weight is 358 g/mol. The third kappa shape index (κ3) is 4.90. The molecule has 1 heterocycles. The van der Waals surface area contributed by atoms with E-state index in [9.17, 15) is 14.9 Å². The molecule has 0 bridgehead atoms. The summed E-state index contributed by atoms with van der Waals surface area (Å²) in [6.07, 6.45) is 2.46. The SMILES string of the molecule is Cc1cccc(C(=O)N2CCC(OCCCN)CC2)c1[N+](=O)[O-].Cl. The van der Waals surface area contributed by atoms with Crippen LogP contribution in [0, 0.1) is 17.0 Å². The van der Waals surface area contributed by atoms with E-state index >= 15 is 0 Å². The minimum Gasteiger partial charge on any atom is -0.378 e. The van der Waals surface area contributed by atoms with Gasteiger partial charge in [-0.15, -0.1) is 12.4 Å². The second-order valence-corrected chi connectivity index (χ2v) is 5.73. The first-order chi connectivity index (χ1) is 11.0. The first kappa shape index (κ1) is 20.3. The molecule has 0 saturated carbocycles. The molecule has 7 nitrogen and oxygen atoms in total. The van der Waals surface area contributed by atoms with Gasteiger partial charge < -0.3 is 15.4 Å². The van der Waals surface area contributed by atoms with Crippen molar-refractivity contribution in [1.29, 1.82) is 0 Å². The number of nitrogens with two attached hydrogens (primary N) is 1. The number of hydrogen-bond acceptors (Lipinski definition) is 5. The highest BCUT2D eigenvalue weighted by Crippen LogP contribution is 2.26. The van der Waals surface area contributed by atoms with Crippen LogP contribution in [0.2, 0.25) is 0 Å². The van der Waals surface area contributed by atoms with Crippen LogP contribution in [-0.2, 0) is 4.74 Å². The molecule has 0 aliphatic carbocycles. The van der Waals surface area contributed by atoms with Crippen molar-refractivity contribution in [2.75, 3.05) is 26.2 Å². The maximum atomic E-state index is 12.6. The summed E-state index contributed by atoms with van der Waals surface area (Å²) in [5, 5.41) is 11.2. The van der Waals surface area contributed by atoms with E-state index in [-0.39, 0.29) is 35.7 Å². The van der Waals surface area contributed by atoms with Gasteiger partial charge in [-0.3, -0.25) is 14.9 Å². The second kappa shape index (κ2) is 9.56. The average Bonchev–Trinajstić information content (AvgIpc) is 2.54. The molecule has 2 rings (SSSR count). The van der Waals surface area contributed by atoms with Crippen molar-refractivity contribution in [3.05, 3.63) is 39.4 Å². The van der Waals surface area contributed by atoms with E-state index < -0.39 is 4.92 Å². The summed E-state index contributed by atoms with van der Waals surface area (Å²) in [5.41, 5.74) is 6.00. The number of ether oxygens (including phenoxy) is 1. The van der Waals surface area contributed by atoms with Crippen LogP contribution in [-0.4, -0.2) is 48.1 Å². The molecule has 8 heteroatoms. The zero-order valence-electron chi connectivity index (χ0n) is 13.8. The van der Waals surface area contributed by atoms with Crippen molar-refractivity contribution in [3.63, 3.8) is 0 Å². The number of hydrogen-bond donors (Lipinski definition) is 1. The largest absolute Gasteiger partial charge is 0.378 e. The molecular formula is C16H24ClN3O4. The van der Waals surface area contributed by atoms with Crippen LogP contribution in [0.25, 0.3) is 0 Å². The molecule has 0 aromatic heterocycles. The Morgan fingerprint density at radius 3 is 2.67 bits per heavy atom. The summed E-state index contributed by atoms with van der Waals surface area (Å²) in [7, 11) is 0. The molecule has 1 aromatic carbocycles. The molecule has 0 spiro atoms. The van der Waals surface area contributed by atoms with Crippen molar-refractivity contribution in [1.82, 2.24) is 4.90 Å². The summed E-state index contributed by atoms with van der Waals surface area (Å²) >= 11 is 0. The van der Waals surface area contributed by atoms with E-state index in [4.69, 9.17) is 10.5 Å². The highest BCUT2D eigenvalue weighted by Gasteiger charge is 2.29. The normalized spacial score (nSPS) is 15.0. The number of halogens is 1. The molecule has 0 unspecified atom stereocenters. The number of nitro benzene ring substituents is 1. The van der Waals surface area contributed by atoms with Gasteiger partial charge in [0.15, 0.2) is 0 Å². The van der Waals surface area contributed by atoms with Gasteiger partial charge in [0, 0.05) is 25.3 Å². The summed E-state index contributed by atoms with van der Waals surface area (Å²) in [6, 6.07) is 4.85. The van der Waals surface area contributed by atoms with Crippen LogP contribution in [0.1, 0.15) is 35.2 Å². The minimum atomic E-state index is -0.481. The molecule has 2 N–H and O–H groups in total. The van der Waals surface area contributed by atoms with E-state index in [2.05, 4.69) is 0 Å². The highest BCUT2D eigenvalue weighted by atomic mass is 35.5. The topological polar surface area (TPSA) is 98.7 Å². The number of nitro groups is 1. The van der Waals surface area contributed by atoms with Gasteiger partial charge in [-0.1, -0.05) is 12.1 Å². The Hall–Kier alpha value is -1.70. The van der Waals surface area contributed by atoms with Gasteiger partial charge >= 0.3 is 0 Å².